The van der Waals surface area contributed by atoms with Crippen LogP contribution in [0.15, 0.2) is 48.5 Å². The van der Waals surface area contributed by atoms with Crippen molar-refractivity contribution in [2.24, 2.45) is 0 Å². The Kier molecular flexibility index (Phi) is 3.73. The van der Waals surface area contributed by atoms with E-state index in [0.717, 1.165) is 0 Å². The summed E-state index contributed by atoms with van der Waals surface area (Å²) in [5, 5.41) is 0. The molecule has 3 rings (SSSR count). The Morgan fingerprint density at radius 1 is 1.14 bits per heavy atom. The number of hydrogen-bond donors (Lipinski definition) is 0. The maximum absolute atomic E-state index is 13.4. The second kappa shape index (κ2) is 5.83. The van der Waals surface area contributed by atoms with E-state index >= 15 is 0 Å². The Bertz CT molecular complexity index is 656. The predicted molar refractivity (Wildman–Crippen MR) is 73.0 cm³/mol. The van der Waals surface area contributed by atoms with Crippen LogP contribution >= 0.6 is 0 Å². The Balaban J connectivity index is 1.59. The Morgan fingerprint density at radius 2 is 1.86 bits per heavy atom. The van der Waals surface area contributed by atoms with E-state index in [4.69, 9.17) is 14.2 Å². The SMILES string of the molecule is O=C(OC[C@@H]1COc2ccccc2O1)c1ccccc1F. The molecule has 0 aromatic heterocycles. The topological polar surface area (TPSA) is 44.8 Å². The van der Waals surface area contributed by atoms with E-state index in [1.165, 1.54) is 18.2 Å². The highest BCUT2D eigenvalue weighted by Crippen LogP contribution is 2.30. The maximum Gasteiger partial charge on any atom is 0.341 e. The van der Waals surface area contributed by atoms with E-state index in [1.807, 2.05) is 12.1 Å². The van der Waals surface area contributed by atoms with Gasteiger partial charge in [0, 0.05) is 0 Å². The number of hydrogen-bond acceptors (Lipinski definition) is 4. The standard InChI is InChI=1S/C16H13FO4/c17-13-6-2-1-5-12(13)16(18)20-10-11-9-19-14-7-3-4-8-15(14)21-11/h1-8,11H,9-10H2/t11-/m0/s1. The Morgan fingerprint density at radius 3 is 2.67 bits per heavy atom. The van der Waals surface area contributed by atoms with Gasteiger partial charge in [0.05, 0.1) is 5.56 Å². The minimum atomic E-state index is -0.712. The number of carbonyl (C=O) groups is 1. The van der Waals surface area contributed by atoms with Crippen molar-refractivity contribution >= 4 is 5.97 Å². The number of para-hydroxylation sites is 2. The van der Waals surface area contributed by atoms with Crippen LogP contribution in [0.2, 0.25) is 0 Å². The summed E-state index contributed by atoms with van der Waals surface area (Å²) in [6, 6.07) is 12.9. The first-order chi connectivity index (χ1) is 10.2. The molecule has 1 heterocycles. The van der Waals surface area contributed by atoms with Crippen molar-refractivity contribution in [1.29, 1.82) is 0 Å². The van der Waals surface area contributed by atoms with Gasteiger partial charge in [-0.25, -0.2) is 9.18 Å². The Labute approximate surface area is 121 Å². The number of rotatable bonds is 3. The third-order valence-electron chi connectivity index (χ3n) is 3.06. The molecular weight excluding hydrogens is 275 g/mol. The largest absolute Gasteiger partial charge is 0.486 e. The highest BCUT2D eigenvalue weighted by Gasteiger charge is 2.23. The van der Waals surface area contributed by atoms with Crippen molar-refractivity contribution in [2.45, 2.75) is 6.10 Å². The van der Waals surface area contributed by atoms with E-state index in [-0.39, 0.29) is 18.8 Å². The molecule has 2 aromatic rings. The zero-order valence-corrected chi connectivity index (χ0v) is 11.1. The lowest BCUT2D eigenvalue weighted by molar-refractivity contribution is 0.0106. The van der Waals surface area contributed by atoms with Crippen LogP contribution in [0.5, 0.6) is 11.5 Å². The van der Waals surface area contributed by atoms with Gasteiger partial charge in [0.25, 0.3) is 0 Å². The molecule has 4 nitrogen and oxygen atoms in total. The second-order valence-electron chi connectivity index (χ2n) is 4.58. The van der Waals surface area contributed by atoms with Gasteiger partial charge in [0.2, 0.25) is 0 Å². The molecule has 108 valence electrons. The average molecular weight is 288 g/mol. The van der Waals surface area contributed by atoms with Gasteiger partial charge in [0.1, 0.15) is 19.0 Å². The first-order valence-electron chi connectivity index (χ1n) is 6.54. The fourth-order valence-corrected chi connectivity index (χ4v) is 2.02. The van der Waals surface area contributed by atoms with Gasteiger partial charge >= 0.3 is 5.97 Å². The van der Waals surface area contributed by atoms with Gasteiger partial charge < -0.3 is 14.2 Å². The van der Waals surface area contributed by atoms with Crippen LogP contribution in [0.1, 0.15) is 10.4 Å². The summed E-state index contributed by atoms with van der Waals surface area (Å²) in [5.41, 5.74) is -0.0883. The molecule has 0 amide bonds. The van der Waals surface area contributed by atoms with Crippen molar-refractivity contribution in [3.8, 4) is 11.5 Å². The molecule has 1 aliphatic rings. The number of fused-ring (bicyclic) bond motifs is 1. The quantitative estimate of drug-likeness (QED) is 0.815. The van der Waals surface area contributed by atoms with Crippen molar-refractivity contribution < 1.29 is 23.4 Å². The fraction of sp³-hybridized carbons (Fsp3) is 0.188. The van der Waals surface area contributed by atoms with Crippen LogP contribution in [0.3, 0.4) is 0 Å². The summed E-state index contributed by atoms with van der Waals surface area (Å²) >= 11 is 0. The summed E-state index contributed by atoms with van der Waals surface area (Å²) in [5.74, 6) is -0.0471. The van der Waals surface area contributed by atoms with E-state index < -0.39 is 17.9 Å². The molecule has 1 atom stereocenters. The molecule has 0 radical (unpaired) electrons. The van der Waals surface area contributed by atoms with Crippen LogP contribution < -0.4 is 9.47 Å². The smallest absolute Gasteiger partial charge is 0.341 e. The number of halogens is 1. The number of carbonyl (C=O) groups excluding carboxylic acids is 1. The lowest BCUT2D eigenvalue weighted by Gasteiger charge is -2.26. The number of ether oxygens (including phenoxy) is 3. The number of benzene rings is 2. The van der Waals surface area contributed by atoms with Gasteiger partial charge in [0.15, 0.2) is 17.6 Å². The maximum atomic E-state index is 13.4. The van der Waals surface area contributed by atoms with Gasteiger partial charge in [-0.05, 0) is 24.3 Å². The van der Waals surface area contributed by atoms with E-state index in [9.17, 15) is 9.18 Å². The summed E-state index contributed by atoms with van der Waals surface area (Å²) in [7, 11) is 0. The molecule has 0 aliphatic carbocycles. The molecule has 0 fully saturated rings. The van der Waals surface area contributed by atoms with Crippen molar-refractivity contribution in [1.82, 2.24) is 0 Å². The molecular formula is C16H13FO4. The molecule has 0 saturated heterocycles. The van der Waals surface area contributed by atoms with Crippen molar-refractivity contribution in [3.63, 3.8) is 0 Å². The zero-order valence-electron chi connectivity index (χ0n) is 11.1. The predicted octanol–water partition coefficient (Wildman–Crippen LogP) is 2.82. The molecule has 0 unspecified atom stereocenters. The molecule has 1 aliphatic heterocycles. The normalized spacial score (nSPS) is 16.3. The van der Waals surface area contributed by atoms with Gasteiger partial charge in [-0.15, -0.1) is 0 Å². The van der Waals surface area contributed by atoms with E-state index in [2.05, 4.69) is 0 Å². The Hall–Kier alpha value is -2.56. The van der Waals surface area contributed by atoms with Crippen LogP contribution in [-0.4, -0.2) is 25.3 Å². The average Bonchev–Trinajstić information content (AvgIpc) is 2.53. The second-order valence-corrected chi connectivity index (χ2v) is 4.58. The monoisotopic (exact) mass is 288 g/mol. The minimum absolute atomic E-state index is 0.00149. The van der Waals surface area contributed by atoms with Crippen LogP contribution in [0.25, 0.3) is 0 Å². The summed E-state index contributed by atoms with van der Waals surface area (Å²) in [4.78, 5) is 11.8. The van der Waals surface area contributed by atoms with E-state index in [0.29, 0.717) is 11.5 Å². The van der Waals surface area contributed by atoms with Crippen LogP contribution in [-0.2, 0) is 4.74 Å². The molecule has 0 bridgehead atoms. The summed E-state index contributed by atoms with van der Waals surface area (Å²) in [6.07, 6.45) is -0.407. The minimum Gasteiger partial charge on any atom is -0.486 e. The molecule has 0 N–H and O–H groups in total. The van der Waals surface area contributed by atoms with Crippen LogP contribution in [0, 0.1) is 5.82 Å². The first kappa shape index (κ1) is 13.4. The van der Waals surface area contributed by atoms with Crippen molar-refractivity contribution in [3.05, 3.63) is 59.9 Å². The lowest BCUT2D eigenvalue weighted by Crippen LogP contribution is -2.34. The lowest BCUT2D eigenvalue weighted by atomic mass is 10.2. The van der Waals surface area contributed by atoms with Gasteiger partial charge in [-0.1, -0.05) is 24.3 Å². The highest BCUT2D eigenvalue weighted by atomic mass is 19.1. The van der Waals surface area contributed by atoms with Crippen molar-refractivity contribution in [2.75, 3.05) is 13.2 Å². The highest BCUT2D eigenvalue weighted by molar-refractivity contribution is 5.89. The third-order valence-corrected chi connectivity index (χ3v) is 3.06. The summed E-state index contributed by atoms with van der Waals surface area (Å²) in [6.45, 7) is 0.281. The molecule has 5 heteroatoms. The van der Waals surface area contributed by atoms with E-state index in [1.54, 1.807) is 18.2 Å². The molecule has 0 spiro atoms. The van der Waals surface area contributed by atoms with Crippen LogP contribution in [0.4, 0.5) is 4.39 Å². The molecule has 21 heavy (non-hydrogen) atoms. The number of esters is 1. The third kappa shape index (κ3) is 2.97. The molecule has 2 aromatic carbocycles. The summed E-state index contributed by atoms with van der Waals surface area (Å²) < 4.78 is 29.7. The van der Waals surface area contributed by atoms with Gasteiger partial charge in [-0.3, -0.25) is 0 Å². The van der Waals surface area contributed by atoms with Gasteiger partial charge in [-0.2, -0.15) is 0 Å². The fourth-order valence-electron chi connectivity index (χ4n) is 2.02. The molecule has 0 saturated carbocycles. The zero-order chi connectivity index (χ0) is 14.7. The first-order valence-corrected chi connectivity index (χ1v) is 6.54.